The predicted molar refractivity (Wildman–Crippen MR) is 76.8 cm³/mol. The molecule has 0 bridgehead atoms. The molecule has 0 spiro atoms. The van der Waals surface area contributed by atoms with Crippen molar-refractivity contribution in [3.05, 3.63) is 47.3 Å². The molecule has 6 nitrogen and oxygen atoms in total. The average Bonchev–Trinajstić information content (AvgIpc) is 2.75. The molecule has 6 heteroatoms. The number of aromatic nitrogens is 2. The molecule has 1 aromatic carbocycles. The fourth-order valence-electron chi connectivity index (χ4n) is 1.73. The number of esters is 1. The Hall–Kier alpha value is -2.63. The second kappa shape index (κ2) is 6.01. The van der Waals surface area contributed by atoms with Gasteiger partial charge in [0.05, 0.1) is 30.3 Å². The van der Waals surface area contributed by atoms with E-state index in [-0.39, 0.29) is 5.97 Å². The molecule has 0 atom stereocenters. The maximum Gasteiger partial charge on any atom is 0.338 e. The van der Waals surface area contributed by atoms with Crippen LogP contribution in [0.25, 0.3) is 0 Å². The first-order valence-corrected chi connectivity index (χ1v) is 6.23. The van der Waals surface area contributed by atoms with E-state index in [2.05, 4.69) is 10.1 Å². The van der Waals surface area contributed by atoms with Gasteiger partial charge in [0.1, 0.15) is 0 Å². The summed E-state index contributed by atoms with van der Waals surface area (Å²) in [7, 11) is 0. The third-order valence-electron chi connectivity index (χ3n) is 2.61. The zero-order valence-corrected chi connectivity index (χ0v) is 11.4. The highest BCUT2D eigenvalue weighted by atomic mass is 16.5. The smallest absolute Gasteiger partial charge is 0.338 e. The predicted octanol–water partition coefficient (Wildman–Crippen LogP) is 1.83. The van der Waals surface area contributed by atoms with Crippen LogP contribution < -0.4 is 5.73 Å². The monoisotopic (exact) mass is 272 g/mol. The molecule has 2 rings (SSSR count). The van der Waals surface area contributed by atoms with E-state index in [1.165, 1.54) is 4.68 Å². The summed E-state index contributed by atoms with van der Waals surface area (Å²) >= 11 is 0. The van der Waals surface area contributed by atoms with Gasteiger partial charge in [-0.3, -0.25) is 0 Å². The number of hydrogen-bond donors (Lipinski definition) is 1. The first-order valence-electron chi connectivity index (χ1n) is 6.23. The normalized spacial score (nSPS) is 10.9. The summed E-state index contributed by atoms with van der Waals surface area (Å²) in [5.74, 6) is -0.0725. The van der Waals surface area contributed by atoms with Crippen LogP contribution in [0.5, 0.6) is 0 Å². The van der Waals surface area contributed by atoms with Gasteiger partial charge in [-0.05, 0) is 19.9 Å². The highest BCUT2D eigenvalue weighted by Crippen LogP contribution is 2.09. The van der Waals surface area contributed by atoms with E-state index < -0.39 is 0 Å². The highest BCUT2D eigenvalue weighted by Gasteiger charge is 2.10. The molecule has 1 heterocycles. The summed E-state index contributed by atoms with van der Waals surface area (Å²) < 4.78 is 6.46. The number of rotatable bonds is 4. The molecule has 2 N–H and O–H groups in total. The van der Waals surface area contributed by atoms with Gasteiger partial charge in [0.15, 0.2) is 0 Å². The Morgan fingerprint density at radius 3 is 2.90 bits per heavy atom. The molecule has 0 amide bonds. The maximum absolute atomic E-state index is 11.8. The summed E-state index contributed by atoms with van der Waals surface area (Å²) in [6.45, 7) is 3.93. The van der Waals surface area contributed by atoms with Crippen LogP contribution in [-0.4, -0.2) is 28.5 Å². The van der Waals surface area contributed by atoms with Gasteiger partial charge >= 0.3 is 5.97 Å². The number of imidazole rings is 1. The molecule has 104 valence electrons. The second-order valence-electron chi connectivity index (χ2n) is 4.14. The third kappa shape index (κ3) is 3.03. The first kappa shape index (κ1) is 13.8. The van der Waals surface area contributed by atoms with Crippen molar-refractivity contribution in [1.29, 1.82) is 0 Å². The molecule has 0 fully saturated rings. The molecule has 0 saturated carbocycles. The van der Waals surface area contributed by atoms with Crippen LogP contribution in [0.15, 0.2) is 35.6 Å². The standard InChI is InChI=1S/C14H16N4O2/c1-3-20-13(19)12-7-5-4-6-11(12)8-16-18-9-10(2)17-14(18)15/h4-9H,3H2,1-2H3,(H2,15,17). The molecule has 0 unspecified atom stereocenters. The minimum atomic E-state index is -0.371. The summed E-state index contributed by atoms with van der Waals surface area (Å²) in [4.78, 5) is 15.9. The molecule has 0 aliphatic carbocycles. The molecule has 2 aromatic rings. The number of anilines is 1. The Morgan fingerprint density at radius 2 is 2.25 bits per heavy atom. The van der Waals surface area contributed by atoms with Crippen LogP contribution in [0, 0.1) is 6.92 Å². The lowest BCUT2D eigenvalue weighted by molar-refractivity contribution is 0.0526. The van der Waals surface area contributed by atoms with Crippen LogP contribution in [0.1, 0.15) is 28.5 Å². The van der Waals surface area contributed by atoms with Gasteiger partial charge in [-0.15, -0.1) is 0 Å². The van der Waals surface area contributed by atoms with E-state index in [1.54, 1.807) is 37.5 Å². The fraction of sp³-hybridized carbons (Fsp3) is 0.214. The SMILES string of the molecule is CCOC(=O)c1ccccc1C=Nn1cc(C)nc1N. The number of nitrogens with two attached hydrogens (primary N) is 1. The number of carbonyl (C=O) groups excluding carboxylic acids is 1. The molecule has 20 heavy (non-hydrogen) atoms. The average molecular weight is 272 g/mol. The quantitative estimate of drug-likeness (QED) is 0.680. The second-order valence-corrected chi connectivity index (χ2v) is 4.14. The number of aryl methyl sites for hydroxylation is 1. The zero-order valence-electron chi connectivity index (χ0n) is 11.4. The Labute approximate surface area is 116 Å². The van der Waals surface area contributed by atoms with Gasteiger partial charge in [-0.2, -0.15) is 5.10 Å². The molecular weight excluding hydrogens is 256 g/mol. The zero-order chi connectivity index (χ0) is 14.5. The van der Waals surface area contributed by atoms with Crippen molar-refractivity contribution in [2.45, 2.75) is 13.8 Å². The largest absolute Gasteiger partial charge is 0.462 e. The molecule has 0 saturated heterocycles. The first-order chi connectivity index (χ1) is 9.61. The summed E-state index contributed by atoms with van der Waals surface area (Å²) in [6, 6.07) is 7.09. The summed E-state index contributed by atoms with van der Waals surface area (Å²) in [5.41, 5.74) is 7.60. The molecular formula is C14H16N4O2. The van der Waals surface area contributed by atoms with Gasteiger partial charge in [-0.1, -0.05) is 18.2 Å². The number of benzene rings is 1. The van der Waals surface area contributed by atoms with Crippen molar-refractivity contribution >= 4 is 18.1 Å². The Bertz CT molecular complexity index is 646. The lowest BCUT2D eigenvalue weighted by atomic mass is 10.1. The number of nitrogens with zero attached hydrogens (tertiary/aromatic N) is 3. The summed E-state index contributed by atoms with van der Waals surface area (Å²) in [5, 5.41) is 4.20. The van der Waals surface area contributed by atoms with Crippen molar-refractivity contribution in [3.8, 4) is 0 Å². The van der Waals surface area contributed by atoms with Crippen LogP contribution in [0.3, 0.4) is 0 Å². The highest BCUT2D eigenvalue weighted by molar-refractivity contribution is 5.99. The lowest BCUT2D eigenvalue weighted by Crippen LogP contribution is -2.08. The number of nitrogen functional groups attached to an aromatic ring is 1. The Balaban J connectivity index is 2.29. The van der Waals surface area contributed by atoms with E-state index in [0.29, 0.717) is 23.7 Å². The van der Waals surface area contributed by atoms with Gasteiger partial charge < -0.3 is 10.5 Å². The number of ether oxygens (including phenoxy) is 1. The Morgan fingerprint density at radius 1 is 1.50 bits per heavy atom. The van der Waals surface area contributed by atoms with Crippen LogP contribution in [-0.2, 0) is 4.74 Å². The Kier molecular flexibility index (Phi) is 4.14. The van der Waals surface area contributed by atoms with Gasteiger partial charge in [0.2, 0.25) is 5.95 Å². The molecule has 0 radical (unpaired) electrons. The number of hydrogen-bond acceptors (Lipinski definition) is 5. The van der Waals surface area contributed by atoms with Crippen molar-refractivity contribution in [3.63, 3.8) is 0 Å². The van der Waals surface area contributed by atoms with Crippen molar-refractivity contribution < 1.29 is 9.53 Å². The fourth-order valence-corrected chi connectivity index (χ4v) is 1.73. The van der Waals surface area contributed by atoms with Gasteiger partial charge in [-0.25, -0.2) is 14.5 Å². The van der Waals surface area contributed by atoms with E-state index in [4.69, 9.17) is 10.5 Å². The van der Waals surface area contributed by atoms with E-state index in [0.717, 1.165) is 5.69 Å². The molecule has 0 aliphatic heterocycles. The molecule has 1 aromatic heterocycles. The van der Waals surface area contributed by atoms with Gasteiger partial charge in [0.25, 0.3) is 0 Å². The van der Waals surface area contributed by atoms with Crippen LogP contribution >= 0.6 is 0 Å². The molecule has 0 aliphatic rings. The number of carbonyl (C=O) groups is 1. The van der Waals surface area contributed by atoms with Crippen molar-refractivity contribution in [2.75, 3.05) is 12.3 Å². The van der Waals surface area contributed by atoms with E-state index in [9.17, 15) is 4.79 Å². The van der Waals surface area contributed by atoms with Crippen LogP contribution in [0.2, 0.25) is 0 Å². The van der Waals surface area contributed by atoms with E-state index in [1.807, 2.05) is 13.0 Å². The summed E-state index contributed by atoms with van der Waals surface area (Å²) in [6.07, 6.45) is 3.27. The topological polar surface area (TPSA) is 82.5 Å². The van der Waals surface area contributed by atoms with Crippen molar-refractivity contribution in [2.24, 2.45) is 5.10 Å². The van der Waals surface area contributed by atoms with Crippen LogP contribution in [0.4, 0.5) is 5.95 Å². The lowest BCUT2D eigenvalue weighted by Gasteiger charge is -2.04. The maximum atomic E-state index is 11.8. The van der Waals surface area contributed by atoms with Crippen molar-refractivity contribution in [1.82, 2.24) is 9.66 Å². The van der Waals surface area contributed by atoms with Gasteiger partial charge in [0, 0.05) is 5.56 Å². The minimum Gasteiger partial charge on any atom is -0.462 e. The minimum absolute atomic E-state index is 0.298. The van der Waals surface area contributed by atoms with E-state index >= 15 is 0 Å². The third-order valence-corrected chi connectivity index (χ3v) is 2.61.